The molecule has 3 nitrogen and oxygen atoms in total. The van der Waals surface area contributed by atoms with E-state index in [2.05, 4.69) is 5.32 Å². The van der Waals surface area contributed by atoms with Crippen LogP contribution >= 0.6 is 0 Å². The smallest absolute Gasteiger partial charge is 0.389 e. The molecule has 0 saturated carbocycles. The van der Waals surface area contributed by atoms with Crippen molar-refractivity contribution in [3.63, 3.8) is 0 Å². The second-order valence-corrected chi connectivity index (χ2v) is 4.47. The summed E-state index contributed by atoms with van der Waals surface area (Å²) in [4.78, 5) is 11.2. The van der Waals surface area contributed by atoms with E-state index in [0.29, 0.717) is 19.4 Å². The molecule has 0 bridgehead atoms. The van der Waals surface area contributed by atoms with Gasteiger partial charge in [-0.2, -0.15) is 13.2 Å². The van der Waals surface area contributed by atoms with Crippen molar-refractivity contribution < 1.29 is 23.1 Å². The Morgan fingerprint density at radius 3 is 2.41 bits per heavy atom. The van der Waals surface area contributed by atoms with Crippen LogP contribution < -0.4 is 5.32 Å². The second-order valence-electron chi connectivity index (χ2n) is 4.47. The zero-order valence-electron chi connectivity index (χ0n) is 10.2. The molecule has 0 aromatic carbocycles. The van der Waals surface area contributed by atoms with Gasteiger partial charge in [-0.15, -0.1) is 0 Å². The summed E-state index contributed by atoms with van der Waals surface area (Å²) in [6.45, 7) is 3.44. The zero-order chi connectivity index (χ0) is 13.5. The molecule has 0 radical (unpaired) electrons. The summed E-state index contributed by atoms with van der Waals surface area (Å²) in [5.74, 6) is -1.07. The van der Waals surface area contributed by atoms with Crippen LogP contribution in [-0.2, 0) is 4.79 Å². The largest absolute Gasteiger partial charge is 0.393 e. The van der Waals surface area contributed by atoms with E-state index < -0.39 is 24.6 Å². The summed E-state index contributed by atoms with van der Waals surface area (Å²) in [5, 5.41) is 11.5. The number of hydrogen-bond acceptors (Lipinski definition) is 2. The minimum atomic E-state index is -4.22. The van der Waals surface area contributed by atoms with Gasteiger partial charge >= 0.3 is 6.18 Å². The van der Waals surface area contributed by atoms with Crippen LogP contribution in [0, 0.1) is 5.92 Å². The Balaban J connectivity index is 3.65. The van der Waals surface area contributed by atoms with Crippen LogP contribution in [-0.4, -0.2) is 29.8 Å². The van der Waals surface area contributed by atoms with E-state index in [9.17, 15) is 18.0 Å². The third-order valence-corrected chi connectivity index (χ3v) is 2.23. The molecule has 0 fully saturated rings. The third-order valence-electron chi connectivity index (χ3n) is 2.23. The highest BCUT2D eigenvalue weighted by Gasteiger charge is 2.30. The lowest BCUT2D eigenvalue weighted by atomic mass is 10.0. The molecule has 0 aromatic heterocycles. The number of aliphatic hydroxyl groups is 1. The van der Waals surface area contributed by atoms with Gasteiger partial charge in [-0.3, -0.25) is 4.79 Å². The Morgan fingerprint density at radius 1 is 1.35 bits per heavy atom. The molecule has 2 atom stereocenters. The van der Waals surface area contributed by atoms with Crippen LogP contribution in [0.3, 0.4) is 0 Å². The lowest BCUT2D eigenvalue weighted by molar-refractivity contribution is -0.145. The molecule has 0 aromatic rings. The Labute approximate surface area is 99.4 Å². The lowest BCUT2D eigenvalue weighted by Gasteiger charge is -2.13. The van der Waals surface area contributed by atoms with Gasteiger partial charge < -0.3 is 10.4 Å². The molecule has 0 aliphatic heterocycles. The molecular weight excluding hydrogens is 235 g/mol. The number of hydrogen-bond donors (Lipinski definition) is 2. The fraction of sp³-hybridized carbons (Fsp3) is 0.909. The number of aliphatic hydroxyl groups excluding tert-OH is 1. The molecule has 17 heavy (non-hydrogen) atoms. The van der Waals surface area contributed by atoms with Crippen molar-refractivity contribution in [2.45, 2.75) is 51.8 Å². The first-order valence-electron chi connectivity index (χ1n) is 5.72. The first-order chi connectivity index (χ1) is 7.70. The predicted molar refractivity (Wildman–Crippen MR) is 58.4 cm³/mol. The Bertz CT molecular complexity index is 229. The van der Waals surface area contributed by atoms with E-state index in [0.717, 1.165) is 0 Å². The fourth-order valence-corrected chi connectivity index (χ4v) is 1.48. The minimum absolute atomic E-state index is 0.117. The number of amides is 1. The minimum Gasteiger partial charge on any atom is -0.393 e. The highest BCUT2D eigenvalue weighted by molar-refractivity contribution is 5.76. The number of alkyl halides is 3. The normalized spacial score (nSPS) is 15.4. The number of carbonyl (C=O) groups excluding carboxylic acids is 1. The number of rotatable bonds is 7. The Kier molecular flexibility index (Phi) is 7.18. The summed E-state index contributed by atoms with van der Waals surface area (Å²) >= 11 is 0. The standard InChI is InChI=1S/C11H20F3NO2/c1-8(7-11(12,13)14)6-10(17)15-5-3-4-9(2)16/h8-9,16H,3-7H2,1-2H3,(H,15,17). The van der Waals surface area contributed by atoms with Crippen molar-refractivity contribution in [3.8, 4) is 0 Å². The van der Waals surface area contributed by atoms with E-state index in [4.69, 9.17) is 5.11 Å². The van der Waals surface area contributed by atoms with Gasteiger partial charge in [0.1, 0.15) is 0 Å². The van der Waals surface area contributed by atoms with Gasteiger partial charge in [-0.1, -0.05) is 6.92 Å². The van der Waals surface area contributed by atoms with Gasteiger partial charge in [0.2, 0.25) is 5.91 Å². The number of halogens is 3. The van der Waals surface area contributed by atoms with E-state index in [1.807, 2.05) is 0 Å². The Hall–Kier alpha value is -0.780. The van der Waals surface area contributed by atoms with Crippen molar-refractivity contribution in [2.24, 2.45) is 5.92 Å². The predicted octanol–water partition coefficient (Wildman–Crippen LogP) is 2.24. The maximum Gasteiger partial charge on any atom is 0.389 e. The maximum absolute atomic E-state index is 12.0. The van der Waals surface area contributed by atoms with Gasteiger partial charge in [0.05, 0.1) is 6.10 Å². The molecule has 0 aliphatic rings. The highest BCUT2D eigenvalue weighted by Crippen LogP contribution is 2.25. The molecule has 2 unspecified atom stereocenters. The van der Waals surface area contributed by atoms with Gasteiger partial charge in [0.25, 0.3) is 0 Å². The third kappa shape index (κ3) is 11.5. The summed E-state index contributed by atoms with van der Waals surface area (Å²) in [6, 6.07) is 0. The average Bonchev–Trinajstić information content (AvgIpc) is 2.08. The van der Waals surface area contributed by atoms with Crippen LogP contribution in [0.15, 0.2) is 0 Å². The first-order valence-corrected chi connectivity index (χ1v) is 5.72. The quantitative estimate of drug-likeness (QED) is 0.685. The van der Waals surface area contributed by atoms with Crippen LogP contribution in [0.4, 0.5) is 13.2 Å². The van der Waals surface area contributed by atoms with Crippen LogP contribution in [0.2, 0.25) is 0 Å². The van der Waals surface area contributed by atoms with Crippen LogP contribution in [0.5, 0.6) is 0 Å². The first kappa shape index (κ1) is 16.2. The summed E-state index contributed by atoms with van der Waals surface area (Å²) in [7, 11) is 0. The number of carbonyl (C=O) groups is 1. The molecular formula is C11H20F3NO2. The van der Waals surface area contributed by atoms with Crippen LogP contribution in [0.1, 0.15) is 39.5 Å². The highest BCUT2D eigenvalue weighted by atomic mass is 19.4. The lowest BCUT2D eigenvalue weighted by Crippen LogP contribution is -2.27. The van der Waals surface area contributed by atoms with Gasteiger partial charge in [-0.05, 0) is 25.7 Å². The topological polar surface area (TPSA) is 49.3 Å². The number of nitrogens with one attached hydrogen (secondary N) is 1. The zero-order valence-corrected chi connectivity index (χ0v) is 10.2. The van der Waals surface area contributed by atoms with E-state index in [-0.39, 0.29) is 12.3 Å². The monoisotopic (exact) mass is 255 g/mol. The van der Waals surface area contributed by atoms with Crippen molar-refractivity contribution in [3.05, 3.63) is 0 Å². The molecule has 0 heterocycles. The van der Waals surface area contributed by atoms with Crippen molar-refractivity contribution in [2.75, 3.05) is 6.54 Å². The molecule has 6 heteroatoms. The molecule has 0 aliphatic carbocycles. The molecule has 2 N–H and O–H groups in total. The summed E-state index contributed by atoms with van der Waals surface area (Å²) in [6.07, 6.45) is -4.50. The van der Waals surface area contributed by atoms with E-state index in [1.165, 1.54) is 6.92 Å². The van der Waals surface area contributed by atoms with Crippen molar-refractivity contribution >= 4 is 5.91 Å². The Morgan fingerprint density at radius 2 is 1.94 bits per heavy atom. The van der Waals surface area contributed by atoms with E-state index in [1.54, 1.807) is 6.92 Å². The molecule has 1 amide bonds. The van der Waals surface area contributed by atoms with E-state index >= 15 is 0 Å². The fourth-order valence-electron chi connectivity index (χ4n) is 1.48. The molecule has 102 valence electrons. The maximum atomic E-state index is 12.0. The second kappa shape index (κ2) is 7.53. The summed E-state index contributed by atoms with van der Waals surface area (Å²) in [5.41, 5.74) is 0. The van der Waals surface area contributed by atoms with Crippen molar-refractivity contribution in [1.82, 2.24) is 5.32 Å². The van der Waals surface area contributed by atoms with Crippen molar-refractivity contribution in [1.29, 1.82) is 0 Å². The SMILES string of the molecule is CC(O)CCCNC(=O)CC(C)CC(F)(F)F. The average molecular weight is 255 g/mol. The van der Waals surface area contributed by atoms with Gasteiger partial charge in [-0.25, -0.2) is 0 Å². The van der Waals surface area contributed by atoms with Crippen LogP contribution in [0.25, 0.3) is 0 Å². The molecule has 0 rings (SSSR count). The molecule has 0 saturated heterocycles. The van der Waals surface area contributed by atoms with Gasteiger partial charge in [0, 0.05) is 19.4 Å². The summed E-state index contributed by atoms with van der Waals surface area (Å²) < 4.78 is 36.0. The molecule has 0 spiro atoms. The van der Waals surface area contributed by atoms with Gasteiger partial charge in [0.15, 0.2) is 0 Å².